The smallest absolute Gasteiger partial charge is 0.193 e. The first-order chi connectivity index (χ1) is 13.7. The third-order valence-corrected chi connectivity index (χ3v) is 4.97. The molecular weight excluding hydrogens is 354 g/mol. The molecule has 0 unspecified atom stereocenters. The predicted octanol–water partition coefficient (Wildman–Crippen LogP) is 3.06. The summed E-state index contributed by atoms with van der Waals surface area (Å²) < 4.78 is 11.2. The molecule has 0 amide bonds. The average Bonchev–Trinajstić information content (AvgIpc) is 2.73. The summed E-state index contributed by atoms with van der Waals surface area (Å²) in [7, 11) is 3.40. The van der Waals surface area contributed by atoms with Gasteiger partial charge in [0.15, 0.2) is 5.96 Å². The second-order valence-electron chi connectivity index (χ2n) is 6.84. The molecule has 1 aliphatic rings. The average molecular weight is 383 g/mol. The van der Waals surface area contributed by atoms with E-state index in [-0.39, 0.29) is 11.9 Å². The summed E-state index contributed by atoms with van der Waals surface area (Å²) in [5, 5.41) is 13.5. The van der Waals surface area contributed by atoms with Gasteiger partial charge in [-0.1, -0.05) is 24.3 Å². The number of aliphatic imine (C=N–C) groups is 1. The number of nitrogens with one attached hydrogen (secondary N) is 1. The van der Waals surface area contributed by atoms with E-state index in [9.17, 15) is 5.11 Å². The van der Waals surface area contributed by atoms with Crippen LogP contribution in [0.5, 0.6) is 17.2 Å². The fraction of sp³-hybridized carbons (Fsp3) is 0.409. The van der Waals surface area contributed by atoms with Crippen LogP contribution in [0, 0.1) is 0 Å². The molecule has 0 saturated carbocycles. The summed E-state index contributed by atoms with van der Waals surface area (Å²) in [6.07, 6.45) is 2.89. The molecule has 3 rings (SSSR count). The van der Waals surface area contributed by atoms with Crippen molar-refractivity contribution in [2.75, 3.05) is 33.8 Å². The number of hydrogen-bond donors (Lipinski definition) is 2. The fourth-order valence-electron chi connectivity index (χ4n) is 3.40. The number of piperidine rings is 1. The summed E-state index contributed by atoms with van der Waals surface area (Å²) in [5.74, 6) is 2.74. The van der Waals surface area contributed by atoms with Crippen molar-refractivity contribution in [2.24, 2.45) is 4.99 Å². The normalized spacial score (nSPS) is 15.4. The summed E-state index contributed by atoms with van der Waals surface area (Å²) in [6, 6.07) is 15.4. The topological polar surface area (TPSA) is 66.3 Å². The van der Waals surface area contributed by atoms with Crippen molar-refractivity contribution < 1.29 is 14.6 Å². The number of phenolic OH excluding ortho intramolecular Hbond substituents is 1. The number of rotatable bonds is 6. The van der Waals surface area contributed by atoms with Gasteiger partial charge in [-0.25, -0.2) is 0 Å². The number of benzene rings is 2. The van der Waals surface area contributed by atoms with E-state index in [1.807, 2.05) is 42.5 Å². The fourth-order valence-corrected chi connectivity index (χ4v) is 3.40. The quantitative estimate of drug-likeness (QED) is 0.593. The lowest BCUT2D eigenvalue weighted by Gasteiger charge is -2.34. The predicted molar refractivity (Wildman–Crippen MR) is 111 cm³/mol. The minimum absolute atomic E-state index is 0.244. The van der Waals surface area contributed by atoms with Crippen molar-refractivity contribution in [2.45, 2.75) is 25.4 Å². The molecule has 0 radical (unpaired) electrons. The molecule has 0 bridgehead atoms. The van der Waals surface area contributed by atoms with Gasteiger partial charge in [-0.15, -0.1) is 0 Å². The zero-order valence-electron chi connectivity index (χ0n) is 16.6. The number of hydrogen-bond acceptors (Lipinski definition) is 4. The minimum Gasteiger partial charge on any atom is -0.508 e. The van der Waals surface area contributed by atoms with Gasteiger partial charge in [-0.2, -0.15) is 0 Å². The van der Waals surface area contributed by atoms with Gasteiger partial charge in [0.05, 0.1) is 7.11 Å². The van der Waals surface area contributed by atoms with Gasteiger partial charge < -0.3 is 24.8 Å². The Labute approximate surface area is 166 Å². The Kier molecular flexibility index (Phi) is 7.00. The van der Waals surface area contributed by atoms with Crippen LogP contribution in [0.15, 0.2) is 53.5 Å². The maximum atomic E-state index is 10.1. The Morgan fingerprint density at radius 3 is 2.54 bits per heavy atom. The van der Waals surface area contributed by atoms with E-state index in [4.69, 9.17) is 9.47 Å². The Morgan fingerprint density at radius 1 is 1.14 bits per heavy atom. The zero-order valence-corrected chi connectivity index (χ0v) is 16.6. The molecule has 6 nitrogen and oxygen atoms in total. The van der Waals surface area contributed by atoms with Crippen molar-refractivity contribution in [3.63, 3.8) is 0 Å². The minimum atomic E-state index is 0.244. The van der Waals surface area contributed by atoms with Crippen LogP contribution in [0.25, 0.3) is 0 Å². The standard InChI is InChI=1S/C22H29N3O3/c1-23-22(24-13-10-17-8-9-20(27-2)16-21(17)26)25-14-11-19(12-15-25)28-18-6-4-3-5-7-18/h3-9,16,19,26H,10-15H2,1-2H3,(H,23,24). The van der Waals surface area contributed by atoms with Crippen molar-refractivity contribution in [3.8, 4) is 17.2 Å². The number of phenols is 1. The van der Waals surface area contributed by atoms with E-state index in [2.05, 4.69) is 15.2 Å². The van der Waals surface area contributed by atoms with Gasteiger partial charge in [0.2, 0.25) is 0 Å². The Bertz CT molecular complexity index is 772. The zero-order chi connectivity index (χ0) is 19.8. The maximum absolute atomic E-state index is 10.1. The van der Waals surface area contributed by atoms with Crippen molar-refractivity contribution >= 4 is 5.96 Å². The molecule has 0 spiro atoms. The van der Waals surface area contributed by atoms with Crippen LogP contribution in [0.2, 0.25) is 0 Å². The first-order valence-electron chi connectivity index (χ1n) is 9.73. The molecule has 28 heavy (non-hydrogen) atoms. The lowest BCUT2D eigenvalue weighted by atomic mass is 10.1. The highest BCUT2D eigenvalue weighted by molar-refractivity contribution is 5.80. The highest BCUT2D eigenvalue weighted by atomic mass is 16.5. The summed E-state index contributed by atoms with van der Waals surface area (Å²) >= 11 is 0. The lowest BCUT2D eigenvalue weighted by Crippen LogP contribution is -2.47. The van der Waals surface area contributed by atoms with E-state index in [1.54, 1.807) is 20.2 Å². The van der Waals surface area contributed by atoms with E-state index in [0.29, 0.717) is 18.7 Å². The van der Waals surface area contributed by atoms with Crippen LogP contribution >= 0.6 is 0 Å². The summed E-state index contributed by atoms with van der Waals surface area (Å²) in [5.41, 5.74) is 0.888. The van der Waals surface area contributed by atoms with Gasteiger partial charge in [-0.3, -0.25) is 4.99 Å². The molecule has 1 aliphatic heterocycles. The SMILES string of the molecule is CN=C(NCCc1ccc(OC)cc1O)N1CCC(Oc2ccccc2)CC1. The molecule has 2 N–H and O–H groups in total. The Hall–Kier alpha value is -2.89. The van der Waals surface area contributed by atoms with E-state index >= 15 is 0 Å². The van der Waals surface area contributed by atoms with Gasteiger partial charge in [-0.05, 0) is 30.2 Å². The molecule has 1 fully saturated rings. The van der Waals surface area contributed by atoms with Crippen LogP contribution in [0.1, 0.15) is 18.4 Å². The first kappa shape index (κ1) is 19.9. The molecule has 2 aromatic rings. The number of para-hydroxylation sites is 1. The third kappa shape index (κ3) is 5.31. The third-order valence-electron chi connectivity index (χ3n) is 4.97. The molecular formula is C22H29N3O3. The monoisotopic (exact) mass is 383 g/mol. The van der Waals surface area contributed by atoms with Crippen molar-refractivity contribution in [3.05, 3.63) is 54.1 Å². The second-order valence-corrected chi connectivity index (χ2v) is 6.84. The van der Waals surface area contributed by atoms with E-state index < -0.39 is 0 Å². The largest absolute Gasteiger partial charge is 0.508 e. The summed E-state index contributed by atoms with van der Waals surface area (Å²) in [4.78, 5) is 6.67. The number of aromatic hydroxyl groups is 1. The number of ether oxygens (including phenoxy) is 2. The highest BCUT2D eigenvalue weighted by Gasteiger charge is 2.22. The Balaban J connectivity index is 1.44. The summed E-state index contributed by atoms with van der Waals surface area (Å²) in [6.45, 7) is 2.52. The molecule has 150 valence electrons. The first-order valence-corrected chi connectivity index (χ1v) is 9.73. The van der Waals surface area contributed by atoms with Crippen LogP contribution in [-0.4, -0.2) is 55.9 Å². The van der Waals surface area contributed by atoms with Crippen LogP contribution < -0.4 is 14.8 Å². The second kappa shape index (κ2) is 9.88. The molecule has 1 heterocycles. The lowest BCUT2D eigenvalue weighted by molar-refractivity contribution is 0.129. The van der Waals surface area contributed by atoms with Gasteiger partial charge in [0, 0.05) is 45.6 Å². The molecule has 0 aliphatic carbocycles. The van der Waals surface area contributed by atoms with Crippen molar-refractivity contribution in [1.82, 2.24) is 10.2 Å². The van der Waals surface area contributed by atoms with Gasteiger partial charge in [0.1, 0.15) is 23.4 Å². The molecule has 0 atom stereocenters. The number of nitrogens with zero attached hydrogens (tertiary/aromatic N) is 2. The van der Waals surface area contributed by atoms with Crippen LogP contribution in [0.3, 0.4) is 0 Å². The highest BCUT2D eigenvalue weighted by Crippen LogP contribution is 2.23. The molecule has 2 aromatic carbocycles. The van der Waals surface area contributed by atoms with Gasteiger partial charge >= 0.3 is 0 Å². The van der Waals surface area contributed by atoms with Gasteiger partial charge in [0.25, 0.3) is 0 Å². The molecule has 1 saturated heterocycles. The van der Waals surface area contributed by atoms with Crippen LogP contribution in [0.4, 0.5) is 0 Å². The van der Waals surface area contributed by atoms with E-state index in [1.165, 1.54) is 0 Å². The maximum Gasteiger partial charge on any atom is 0.193 e. The Morgan fingerprint density at radius 2 is 1.89 bits per heavy atom. The van der Waals surface area contributed by atoms with E-state index in [0.717, 1.165) is 43.2 Å². The van der Waals surface area contributed by atoms with Crippen molar-refractivity contribution in [1.29, 1.82) is 0 Å². The number of methoxy groups -OCH3 is 1. The number of guanidine groups is 1. The molecule has 0 aromatic heterocycles. The molecule has 6 heteroatoms. The number of likely N-dealkylation sites (tertiary alicyclic amines) is 1. The van der Waals surface area contributed by atoms with Crippen LogP contribution in [-0.2, 0) is 6.42 Å².